The highest BCUT2D eigenvalue weighted by Gasteiger charge is 2.30. The average Bonchev–Trinajstić information content (AvgIpc) is 2.30. The van der Waals surface area contributed by atoms with Crippen LogP contribution in [0.25, 0.3) is 0 Å². The van der Waals surface area contributed by atoms with Crippen LogP contribution < -0.4 is 4.74 Å². The molecule has 0 unspecified atom stereocenters. The highest BCUT2D eigenvalue weighted by atomic mass is 32.2. The molecule has 0 saturated carbocycles. The smallest absolute Gasteiger partial charge is 0.416 e. The quantitative estimate of drug-likeness (QED) is 0.615. The van der Waals surface area contributed by atoms with E-state index >= 15 is 0 Å². The number of halogens is 3. The molecule has 0 aromatic heterocycles. The summed E-state index contributed by atoms with van der Waals surface area (Å²) in [7, 11) is 1.61. The van der Waals surface area contributed by atoms with Crippen LogP contribution in [-0.2, 0) is 6.18 Å². The van der Waals surface area contributed by atoms with Crippen molar-refractivity contribution >= 4 is 16.8 Å². The van der Waals surface area contributed by atoms with Gasteiger partial charge in [0.05, 0.1) is 5.56 Å². The topological polar surface area (TPSA) is 21.6 Å². The van der Waals surface area contributed by atoms with Crippen molar-refractivity contribution in [2.24, 2.45) is 4.99 Å². The van der Waals surface area contributed by atoms with Gasteiger partial charge >= 0.3 is 6.18 Å². The molecule has 17 heavy (non-hydrogen) atoms. The van der Waals surface area contributed by atoms with Crippen LogP contribution in [0, 0.1) is 0 Å². The maximum atomic E-state index is 12.4. The van der Waals surface area contributed by atoms with Gasteiger partial charge in [-0.15, -0.1) is 11.8 Å². The van der Waals surface area contributed by atoms with Gasteiger partial charge in [0.1, 0.15) is 17.4 Å². The molecule has 0 saturated heterocycles. The van der Waals surface area contributed by atoms with E-state index in [2.05, 4.69) is 4.99 Å². The molecule has 1 aromatic carbocycles. The Morgan fingerprint density at radius 2 is 2.12 bits per heavy atom. The molecule has 0 atom stereocenters. The summed E-state index contributed by atoms with van der Waals surface area (Å²) in [4.78, 5) is 3.93. The van der Waals surface area contributed by atoms with Crippen LogP contribution in [0.4, 0.5) is 13.2 Å². The third kappa shape index (κ3) is 4.30. The normalized spacial score (nSPS) is 12.6. The second kappa shape index (κ2) is 5.95. The predicted molar refractivity (Wildman–Crippen MR) is 63.8 cm³/mol. The van der Waals surface area contributed by atoms with Gasteiger partial charge in [0.25, 0.3) is 0 Å². The van der Waals surface area contributed by atoms with Crippen molar-refractivity contribution in [2.45, 2.75) is 6.18 Å². The highest BCUT2D eigenvalue weighted by molar-refractivity contribution is 8.13. The number of hydrogen-bond acceptors (Lipinski definition) is 3. The van der Waals surface area contributed by atoms with Crippen LogP contribution >= 0.6 is 11.8 Å². The van der Waals surface area contributed by atoms with E-state index in [0.29, 0.717) is 0 Å². The van der Waals surface area contributed by atoms with Crippen molar-refractivity contribution < 1.29 is 17.9 Å². The monoisotopic (exact) mass is 263 g/mol. The number of nitrogens with zero attached hydrogens (tertiary/aromatic N) is 1. The van der Waals surface area contributed by atoms with Gasteiger partial charge in [-0.05, 0) is 24.5 Å². The lowest BCUT2D eigenvalue weighted by Gasteiger charge is -2.10. The number of benzene rings is 1. The lowest BCUT2D eigenvalue weighted by Crippen LogP contribution is -2.09. The Hall–Kier alpha value is -1.17. The molecule has 0 aliphatic carbocycles. The molecule has 0 aliphatic rings. The molecular weight excluding hydrogens is 251 g/mol. The Morgan fingerprint density at radius 1 is 1.41 bits per heavy atom. The van der Waals surface area contributed by atoms with Gasteiger partial charge in [0, 0.05) is 7.05 Å². The van der Waals surface area contributed by atoms with Crippen molar-refractivity contribution in [3.8, 4) is 5.75 Å². The van der Waals surface area contributed by atoms with Gasteiger partial charge in [-0.3, -0.25) is 4.99 Å². The van der Waals surface area contributed by atoms with Crippen LogP contribution in [0.5, 0.6) is 5.75 Å². The summed E-state index contributed by atoms with van der Waals surface area (Å²) >= 11 is 1.40. The molecule has 2 nitrogen and oxygen atoms in total. The summed E-state index contributed by atoms with van der Waals surface area (Å²) in [6.07, 6.45) is -2.52. The lowest BCUT2D eigenvalue weighted by molar-refractivity contribution is -0.137. The lowest BCUT2D eigenvalue weighted by atomic mass is 10.2. The maximum absolute atomic E-state index is 12.4. The maximum Gasteiger partial charge on any atom is 0.416 e. The van der Waals surface area contributed by atoms with Gasteiger partial charge in [0.2, 0.25) is 0 Å². The zero-order valence-electron chi connectivity index (χ0n) is 9.41. The molecule has 0 N–H and O–H groups in total. The second-order valence-electron chi connectivity index (χ2n) is 3.14. The van der Waals surface area contributed by atoms with E-state index in [4.69, 9.17) is 4.74 Å². The molecule has 1 aromatic rings. The van der Waals surface area contributed by atoms with E-state index in [9.17, 15) is 13.2 Å². The summed E-state index contributed by atoms with van der Waals surface area (Å²) < 4.78 is 42.5. The Bertz CT molecular complexity index is 404. The van der Waals surface area contributed by atoms with E-state index in [0.717, 1.165) is 17.2 Å². The molecule has 1 rings (SSSR count). The summed E-state index contributed by atoms with van der Waals surface area (Å²) in [5.41, 5.74) is -0.714. The molecule has 0 aliphatic heterocycles. The first kappa shape index (κ1) is 13.9. The second-order valence-corrected chi connectivity index (χ2v) is 4.02. The van der Waals surface area contributed by atoms with Gasteiger partial charge in [-0.25, -0.2) is 0 Å². The number of alkyl halides is 3. The van der Waals surface area contributed by atoms with Crippen molar-refractivity contribution in [1.82, 2.24) is 0 Å². The molecule has 0 bridgehead atoms. The van der Waals surface area contributed by atoms with Crippen LogP contribution in [0.2, 0.25) is 0 Å². The fourth-order valence-corrected chi connectivity index (χ4v) is 1.48. The summed E-state index contributed by atoms with van der Waals surface area (Å²) in [5.74, 6) is 0.190. The Labute approximate surface area is 102 Å². The number of rotatable bonds is 3. The minimum atomic E-state index is -4.35. The van der Waals surface area contributed by atoms with Crippen LogP contribution in [-0.4, -0.2) is 25.0 Å². The minimum absolute atomic E-state index is 0.180. The van der Waals surface area contributed by atoms with E-state index in [1.54, 1.807) is 7.05 Å². The standard InChI is InChI=1S/C11H12F3NOS/c1-15-10(17-2)7-16-9-5-3-4-8(6-9)11(12,13)14/h3-6H,7H2,1-2H3/b15-10+. The van der Waals surface area contributed by atoms with Crippen molar-refractivity contribution in [1.29, 1.82) is 0 Å². The van der Waals surface area contributed by atoms with Crippen molar-refractivity contribution in [2.75, 3.05) is 19.9 Å². The Balaban J connectivity index is 2.73. The number of thioether (sulfide) groups is 1. The molecule has 0 radical (unpaired) electrons. The number of aliphatic imine (C=N–C) groups is 1. The van der Waals surface area contributed by atoms with Crippen LogP contribution in [0.3, 0.4) is 0 Å². The van der Waals surface area contributed by atoms with Crippen molar-refractivity contribution in [3.63, 3.8) is 0 Å². The zero-order valence-corrected chi connectivity index (χ0v) is 10.2. The van der Waals surface area contributed by atoms with E-state index in [1.165, 1.54) is 23.9 Å². The van der Waals surface area contributed by atoms with Gasteiger partial charge in [-0.2, -0.15) is 13.2 Å². The zero-order chi connectivity index (χ0) is 12.9. The Morgan fingerprint density at radius 3 is 2.65 bits per heavy atom. The van der Waals surface area contributed by atoms with E-state index < -0.39 is 11.7 Å². The highest BCUT2D eigenvalue weighted by Crippen LogP contribution is 2.31. The molecule has 0 fully saturated rings. The summed E-state index contributed by atoms with van der Waals surface area (Å²) in [5, 5.41) is 0.724. The number of ether oxygens (including phenoxy) is 1. The van der Waals surface area contributed by atoms with Crippen LogP contribution in [0.1, 0.15) is 5.56 Å². The minimum Gasteiger partial charge on any atom is -0.487 e. The first-order valence-electron chi connectivity index (χ1n) is 4.77. The van der Waals surface area contributed by atoms with Gasteiger partial charge in [0.15, 0.2) is 0 Å². The Kier molecular flexibility index (Phi) is 4.86. The van der Waals surface area contributed by atoms with Crippen LogP contribution in [0.15, 0.2) is 29.3 Å². The fraction of sp³-hybridized carbons (Fsp3) is 0.364. The van der Waals surface area contributed by atoms with Gasteiger partial charge in [-0.1, -0.05) is 6.07 Å². The van der Waals surface area contributed by atoms with E-state index in [1.807, 2.05) is 6.26 Å². The first-order valence-corrected chi connectivity index (χ1v) is 5.99. The average molecular weight is 263 g/mol. The third-order valence-electron chi connectivity index (χ3n) is 2.01. The summed E-state index contributed by atoms with van der Waals surface area (Å²) in [6.45, 7) is 0.180. The van der Waals surface area contributed by atoms with E-state index in [-0.39, 0.29) is 12.4 Å². The number of hydrogen-bond donors (Lipinski definition) is 0. The molecular formula is C11H12F3NOS. The molecule has 94 valence electrons. The van der Waals surface area contributed by atoms with Gasteiger partial charge < -0.3 is 4.74 Å². The third-order valence-corrected chi connectivity index (χ3v) is 2.78. The SMILES string of the molecule is C/N=C(\COc1cccc(C(F)(F)F)c1)SC. The van der Waals surface area contributed by atoms with Crippen molar-refractivity contribution in [3.05, 3.63) is 29.8 Å². The summed E-state index contributed by atoms with van der Waals surface area (Å²) in [6, 6.07) is 4.80. The predicted octanol–water partition coefficient (Wildman–Crippen LogP) is 3.48. The first-order chi connectivity index (χ1) is 7.97. The molecule has 6 heteroatoms. The largest absolute Gasteiger partial charge is 0.487 e. The fourth-order valence-electron chi connectivity index (χ4n) is 1.12. The molecule has 0 spiro atoms. The molecule has 0 heterocycles. The molecule has 0 amide bonds.